The molecule has 2 aromatic rings. The Morgan fingerprint density at radius 2 is 2.07 bits per heavy atom. The second-order valence-electron chi connectivity index (χ2n) is 6.15. The topological polar surface area (TPSA) is 84.1 Å². The summed E-state index contributed by atoms with van der Waals surface area (Å²) in [7, 11) is 0. The van der Waals surface area contributed by atoms with E-state index in [1.165, 1.54) is 22.1 Å². The molecule has 27 heavy (non-hydrogen) atoms. The maximum Gasteiger partial charge on any atom is 0.256 e. The Morgan fingerprint density at radius 3 is 2.78 bits per heavy atom. The second kappa shape index (κ2) is 7.62. The Morgan fingerprint density at radius 1 is 1.33 bits per heavy atom. The van der Waals surface area contributed by atoms with Crippen LogP contribution in [0.25, 0.3) is 0 Å². The summed E-state index contributed by atoms with van der Waals surface area (Å²) >= 11 is 12.1. The number of rotatable bonds is 2. The minimum Gasteiger partial charge on any atom is -0.327 e. The predicted octanol–water partition coefficient (Wildman–Crippen LogP) is 3.68. The van der Waals surface area contributed by atoms with Gasteiger partial charge >= 0.3 is 0 Å². The molecule has 1 saturated heterocycles. The molecule has 2 N–H and O–H groups in total. The minimum atomic E-state index is -0.506. The molecule has 0 aliphatic carbocycles. The molecule has 1 unspecified atom stereocenters. The molecule has 1 aromatic carbocycles. The van der Waals surface area contributed by atoms with Crippen LogP contribution in [0, 0.1) is 16.6 Å². The number of aromatic nitrogens is 1. The number of nitrogens with one attached hydrogen (secondary N) is 2. The van der Waals surface area contributed by atoms with Gasteiger partial charge in [0.2, 0.25) is 0 Å². The van der Waals surface area contributed by atoms with Crippen molar-refractivity contribution in [2.45, 2.75) is 13.0 Å². The van der Waals surface area contributed by atoms with Crippen molar-refractivity contribution in [2.75, 3.05) is 13.1 Å². The lowest BCUT2D eigenvalue weighted by atomic mass is 10.1. The summed E-state index contributed by atoms with van der Waals surface area (Å²) in [6.45, 7) is 2.00. The Labute approximate surface area is 165 Å². The molecule has 6 nitrogen and oxygen atoms in total. The van der Waals surface area contributed by atoms with Crippen molar-refractivity contribution in [1.82, 2.24) is 14.8 Å². The van der Waals surface area contributed by atoms with Gasteiger partial charge in [0.25, 0.3) is 5.91 Å². The first kappa shape index (κ1) is 19.3. The van der Waals surface area contributed by atoms with E-state index in [9.17, 15) is 9.18 Å². The van der Waals surface area contributed by atoms with E-state index in [1.54, 1.807) is 18.2 Å². The quantitative estimate of drug-likeness (QED) is 0.588. The van der Waals surface area contributed by atoms with Crippen molar-refractivity contribution >= 4 is 40.8 Å². The van der Waals surface area contributed by atoms with Crippen LogP contribution in [0.4, 0.5) is 4.39 Å². The average molecular weight is 408 g/mol. The largest absolute Gasteiger partial charge is 0.327 e. The Bertz CT molecular complexity index is 936. The molecule has 2 heterocycles. The van der Waals surface area contributed by atoms with Gasteiger partial charge in [-0.05, 0) is 25.1 Å². The third kappa shape index (κ3) is 3.79. The van der Waals surface area contributed by atoms with Crippen LogP contribution in [0.1, 0.15) is 23.0 Å². The van der Waals surface area contributed by atoms with Gasteiger partial charge in [0.05, 0.1) is 22.2 Å². The number of benzene rings is 1. The average Bonchev–Trinajstić information content (AvgIpc) is 2.64. The van der Waals surface area contributed by atoms with E-state index in [0.29, 0.717) is 0 Å². The Hall–Kier alpha value is -2.51. The zero-order chi connectivity index (χ0) is 19.7. The maximum atomic E-state index is 13.4. The van der Waals surface area contributed by atoms with Crippen molar-refractivity contribution in [3.8, 4) is 0 Å². The molecule has 0 spiro atoms. The molecule has 1 amide bonds. The van der Waals surface area contributed by atoms with E-state index < -0.39 is 5.82 Å². The highest BCUT2D eigenvalue weighted by Crippen LogP contribution is 2.28. The Balaban J connectivity index is 1.81. The van der Waals surface area contributed by atoms with Gasteiger partial charge in [0, 0.05) is 24.8 Å². The number of carbonyl (C=O) groups excluding carboxylic acids is 1. The van der Waals surface area contributed by atoms with Crippen LogP contribution >= 0.6 is 23.2 Å². The summed E-state index contributed by atoms with van der Waals surface area (Å²) in [4.78, 5) is 19.8. The molecular formula is C18H16Cl2FN5O. The molecule has 1 atom stereocenters. The number of piperazine rings is 1. The van der Waals surface area contributed by atoms with Crippen LogP contribution in [0.3, 0.4) is 0 Å². The predicted molar refractivity (Wildman–Crippen MR) is 102 cm³/mol. The summed E-state index contributed by atoms with van der Waals surface area (Å²) in [5.74, 6) is -0.890. The molecule has 0 saturated carbocycles. The first-order chi connectivity index (χ1) is 12.8. The summed E-state index contributed by atoms with van der Waals surface area (Å²) < 4.78 is 13.4. The molecule has 140 valence electrons. The highest BCUT2D eigenvalue weighted by Gasteiger charge is 2.34. The smallest absolute Gasteiger partial charge is 0.256 e. The van der Waals surface area contributed by atoms with Crippen molar-refractivity contribution < 1.29 is 9.18 Å². The van der Waals surface area contributed by atoms with Gasteiger partial charge in [-0.15, -0.1) is 0 Å². The number of amidine groups is 2. The first-order valence-electron chi connectivity index (χ1n) is 8.10. The van der Waals surface area contributed by atoms with E-state index in [4.69, 9.17) is 34.0 Å². The highest BCUT2D eigenvalue weighted by atomic mass is 35.5. The van der Waals surface area contributed by atoms with Crippen molar-refractivity contribution in [3.63, 3.8) is 0 Å². The summed E-state index contributed by atoms with van der Waals surface area (Å²) in [6, 6.07) is 6.84. The molecule has 3 rings (SSSR count). The standard InChI is InChI=1S/C18H16Cl2FN5O/c1-10-8-26(17(23)14-7-11(21)5-6-24-14)15(22)9-25(10)18(27)12-3-2-4-13(19)16(12)20/h2-7,10,22-23H,8-9H2,1H3. The summed E-state index contributed by atoms with van der Waals surface area (Å²) in [5, 5.41) is 17.0. The number of hydrogen-bond acceptors (Lipinski definition) is 4. The number of nitrogens with zero attached hydrogens (tertiary/aromatic N) is 3. The molecule has 1 aliphatic heterocycles. The molecular weight excluding hydrogens is 392 g/mol. The van der Waals surface area contributed by atoms with Crippen LogP contribution in [0.15, 0.2) is 36.5 Å². The van der Waals surface area contributed by atoms with Gasteiger partial charge in [-0.25, -0.2) is 4.39 Å². The summed E-state index contributed by atoms with van der Waals surface area (Å²) in [5.41, 5.74) is 0.392. The SMILES string of the molecule is CC1CN(C(=N)c2cc(F)ccn2)C(=N)CN1C(=O)c1cccc(Cl)c1Cl. The minimum absolute atomic E-state index is 0.0134. The van der Waals surface area contributed by atoms with Gasteiger partial charge in [-0.3, -0.25) is 20.6 Å². The van der Waals surface area contributed by atoms with E-state index in [2.05, 4.69) is 4.98 Å². The van der Waals surface area contributed by atoms with Crippen LogP contribution < -0.4 is 0 Å². The number of pyridine rings is 1. The first-order valence-corrected chi connectivity index (χ1v) is 8.85. The number of carbonyl (C=O) groups is 1. The lowest BCUT2D eigenvalue weighted by Crippen LogP contribution is -2.58. The molecule has 1 fully saturated rings. The maximum absolute atomic E-state index is 13.4. The van der Waals surface area contributed by atoms with Gasteiger partial charge in [0.15, 0.2) is 5.84 Å². The van der Waals surface area contributed by atoms with Crippen LogP contribution in [-0.4, -0.2) is 51.5 Å². The van der Waals surface area contributed by atoms with E-state index in [-0.39, 0.29) is 58.0 Å². The van der Waals surface area contributed by atoms with Crippen molar-refractivity contribution in [1.29, 1.82) is 10.8 Å². The zero-order valence-corrected chi connectivity index (χ0v) is 15.9. The van der Waals surface area contributed by atoms with Gasteiger partial charge in [-0.1, -0.05) is 29.3 Å². The third-order valence-electron chi connectivity index (χ3n) is 4.30. The van der Waals surface area contributed by atoms with E-state index in [0.717, 1.165) is 6.07 Å². The fourth-order valence-electron chi connectivity index (χ4n) is 2.87. The van der Waals surface area contributed by atoms with Crippen LogP contribution in [-0.2, 0) is 0 Å². The van der Waals surface area contributed by atoms with E-state index in [1.807, 2.05) is 6.92 Å². The van der Waals surface area contributed by atoms with Crippen molar-refractivity contribution in [3.05, 3.63) is 63.6 Å². The van der Waals surface area contributed by atoms with Gasteiger partial charge in [-0.2, -0.15) is 0 Å². The van der Waals surface area contributed by atoms with Crippen LogP contribution in [0.5, 0.6) is 0 Å². The lowest BCUT2D eigenvalue weighted by Gasteiger charge is -2.41. The monoisotopic (exact) mass is 407 g/mol. The number of hydrogen-bond donors (Lipinski definition) is 2. The summed E-state index contributed by atoms with van der Waals surface area (Å²) in [6.07, 6.45) is 1.27. The normalized spacial score (nSPS) is 17.2. The Kier molecular flexibility index (Phi) is 5.43. The van der Waals surface area contributed by atoms with Crippen LogP contribution in [0.2, 0.25) is 10.0 Å². The van der Waals surface area contributed by atoms with Crippen molar-refractivity contribution in [2.24, 2.45) is 0 Å². The fourth-order valence-corrected chi connectivity index (χ4v) is 3.25. The number of amides is 1. The molecule has 1 aromatic heterocycles. The zero-order valence-electron chi connectivity index (χ0n) is 14.3. The van der Waals surface area contributed by atoms with Gasteiger partial charge in [0.1, 0.15) is 17.3 Å². The number of halogens is 3. The molecule has 0 bridgehead atoms. The molecule has 0 radical (unpaired) electrons. The third-order valence-corrected chi connectivity index (χ3v) is 5.12. The lowest BCUT2D eigenvalue weighted by molar-refractivity contribution is 0.0683. The fraction of sp³-hybridized carbons (Fsp3) is 0.222. The second-order valence-corrected chi connectivity index (χ2v) is 6.93. The molecule has 1 aliphatic rings. The molecule has 9 heteroatoms. The van der Waals surface area contributed by atoms with Gasteiger partial charge < -0.3 is 9.80 Å². The highest BCUT2D eigenvalue weighted by molar-refractivity contribution is 6.43. The van der Waals surface area contributed by atoms with E-state index >= 15 is 0 Å².